The highest BCUT2D eigenvalue weighted by molar-refractivity contribution is 5.98. The average molecular weight is 318 g/mol. The van der Waals surface area contributed by atoms with Crippen LogP contribution in [0.15, 0.2) is 53.1 Å². The first-order valence-electron chi connectivity index (χ1n) is 8.21. The minimum absolute atomic E-state index is 0.0381. The number of aromatic nitrogens is 2. The van der Waals surface area contributed by atoms with Gasteiger partial charge in [0.25, 0.3) is 0 Å². The van der Waals surface area contributed by atoms with Gasteiger partial charge in [-0.25, -0.2) is 4.98 Å². The molecule has 4 heteroatoms. The highest BCUT2D eigenvalue weighted by Crippen LogP contribution is 2.31. The number of rotatable bonds is 3. The molecule has 0 spiro atoms. The molecule has 24 heavy (non-hydrogen) atoms. The van der Waals surface area contributed by atoms with Gasteiger partial charge in [-0.05, 0) is 38.0 Å². The van der Waals surface area contributed by atoms with Gasteiger partial charge in [0.15, 0.2) is 5.78 Å². The van der Waals surface area contributed by atoms with Crippen LogP contribution < -0.4 is 0 Å². The Morgan fingerprint density at radius 2 is 2.12 bits per heavy atom. The second-order valence-electron chi connectivity index (χ2n) is 6.28. The van der Waals surface area contributed by atoms with Crippen LogP contribution >= 0.6 is 0 Å². The van der Waals surface area contributed by atoms with Crippen LogP contribution in [0, 0.1) is 12.8 Å². The second-order valence-corrected chi connectivity index (χ2v) is 6.28. The van der Waals surface area contributed by atoms with E-state index in [0.29, 0.717) is 12.3 Å². The normalized spacial score (nSPS) is 16.6. The topological polar surface area (TPSA) is 56.0 Å². The van der Waals surface area contributed by atoms with Gasteiger partial charge in [-0.15, -0.1) is 0 Å². The molecule has 1 aliphatic carbocycles. The number of ketones is 1. The van der Waals surface area contributed by atoms with Crippen molar-refractivity contribution in [2.24, 2.45) is 5.92 Å². The van der Waals surface area contributed by atoms with Gasteiger partial charge >= 0.3 is 0 Å². The Hall–Kier alpha value is -2.75. The quantitative estimate of drug-likeness (QED) is 0.684. The summed E-state index contributed by atoms with van der Waals surface area (Å²) in [4.78, 5) is 21.6. The van der Waals surface area contributed by atoms with Crippen LogP contribution in [-0.4, -0.2) is 15.8 Å². The number of fused-ring (bicyclic) bond motifs is 1. The number of carbonyl (C=O) groups excluding carboxylic acids is 1. The third-order valence-electron chi connectivity index (χ3n) is 4.50. The zero-order valence-corrected chi connectivity index (χ0v) is 13.5. The smallest absolute Gasteiger partial charge is 0.245 e. The maximum Gasteiger partial charge on any atom is 0.245 e. The minimum Gasteiger partial charge on any atom is -0.440 e. The van der Waals surface area contributed by atoms with Crippen molar-refractivity contribution in [3.05, 3.63) is 71.2 Å². The fourth-order valence-electron chi connectivity index (χ4n) is 3.23. The molecule has 0 aliphatic heterocycles. The Kier molecular flexibility index (Phi) is 3.73. The van der Waals surface area contributed by atoms with Gasteiger partial charge < -0.3 is 4.42 Å². The van der Waals surface area contributed by atoms with Crippen LogP contribution in [0.4, 0.5) is 0 Å². The molecule has 4 nitrogen and oxygen atoms in total. The van der Waals surface area contributed by atoms with Crippen LogP contribution in [0.1, 0.15) is 33.8 Å². The Morgan fingerprint density at radius 1 is 1.21 bits per heavy atom. The lowest BCUT2D eigenvalue weighted by atomic mass is 9.84. The van der Waals surface area contributed by atoms with E-state index in [9.17, 15) is 4.79 Å². The SMILES string of the molecule is Cc1cccc(C(=O)C2CCc3nc(-c4ccccn4)oc3C2)c1. The number of hydrogen-bond donors (Lipinski definition) is 0. The number of Topliss-reactive ketones (excluding diaryl/α,β-unsaturated/α-hetero) is 1. The van der Waals surface area contributed by atoms with Crippen molar-refractivity contribution >= 4 is 5.78 Å². The number of pyridine rings is 1. The molecule has 0 saturated carbocycles. The molecule has 0 N–H and O–H groups in total. The van der Waals surface area contributed by atoms with Gasteiger partial charge in [-0.2, -0.15) is 0 Å². The van der Waals surface area contributed by atoms with E-state index in [0.717, 1.165) is 41.1 Å². The molecular weight excluding hydrogens is 300 g/mol. The number of carbonyl (C=O) groups is 1. The first kappa shape index (κ1) is 14.8. The predicted octanol–water partition coefficient (Wildman–Crippen LogP) is 4.03. The van der Waals surface area contributed by atoms with Crippen molar-refractivity contribution in [2.75, 3.05) is 0 Å². The molecule has 4 rings (SSSR count). The van der Waals surface area contributed by atoms with Crippen LogP contribution in [0.2, 0.25) is 0 Å². The number of benzene rings is 1. The molecule has 3 aromatic rings. The van der Waals surface area contributed by atoms with Gasteiger partial charge in [0.05, 0.1) is 5.69 Å². The van der Waals surface area contributed by atoms with E-state index in [-0.39, 0.29) is 11.7 Å². The summed E-state index contributed by atoms with van der Waals surface area (Å²) in [5.41, 5.74) is 3.58. The van der Waals surface area contributed by atoms with Crippen molar-refractivity contribution in [3.8, 4) is 11.6 Å². The zero-order chi connectivity index (χ0) is 16.5. The fourth-order valence-corrected chi connectivity index (χ4v) is 3.23. The van der Waals surface area contributed by atoms with Gasteiger partial charge in [-0.1, -0.05) is 29.8 Å². The predicted molar refractivity (Wildman–Crippen MR) is 90.8 cm³/mol. The summed E-state index contributed by atoms with van der Waals surface area (Å²) in [5.74, 6) is 1.53. The van der Waals surface area contributed by atoms with E-state index in [1.165, 1.54) is 0 Å². The summed E-state index contributed by atoms with van der Waals surface area (Å²) in [6.45, 7) is 2.01. The average Bonchev–Trinajstić information content (AvgIpc) is 3.05. The molecule has 0 amide bonds. The van der Waals surface area contributed by atoms with Crippen LogP contribution in [-0.2, 0) is 12.8 Å². The summed E-state index contributed by atoms with van der Waals surface area (Å²) >= 11 is 0. The Balaban J connectivity index is 1.58. The van der Waals surface area contributed by atoms with Crippen molar-refractivity contribution in [3.63, 3.8) is 0 Å². The molecule has 0 fully saturated rings. The van der Waals surface area contributed by atoms with E-state index in [2.05, 4.69) is 9.97 Å². The summed E-state index contributed by atoms with van der Waals surface area (Å²) in [6.07, 6.45) is 3.92. The van der Waals surface area contributed by atoms with Crippen molar-refractivity contribution in [2.45, 2.75) is 26.2 Å². The van der Waals surface area contributed by atoms with Crippen LogP contribution in [0.25, 0.3) is 11.6 Å². The lowest BCUT2D eigenvalue weighted by molar-refractivity contribution is 0.0903. The van der Waals surface area contributed by atoms with E-state index in [4.69, 9.17) is 4.42 Å². The molecule has 120 valence electrons. The molecular formula is C20H18N2O2. The molecule has 0 radical (unpaired) electrons. The molecule has 2 heterocycles. The van der Waals surface area contributed by atoms with Crippen molar-refractivity contribution in [1.82, 2.24) is 9.97 Å². The maximum absolute atomic E-state index is 12.8. The summed E-state index contributed by atoms with van der Waals surface area (Å²) in [6, 6.07) is 13.4. The highest BCUT2D eigenvalue weighted by Gasteiger charge is 2.29. The number of aryl methyl sites for hydroxylation is 2. The van der Waals surface area contributed by atoms with Crippen LogP contribution in [0.5, 0.6) is 0 Å². The Morgan fingerprint density at radius 3 is 2.92 bits per heavy atom. The largest absolute Gasteiger partial charge is 0.440 e. The molecule has 1 atom stereocenters. The second kappa shape index (κ2) is 6.04. The molecule has 2 aromatic heterocycles. The summed E-state index contributed by atoms with van der Waals surface area (Å²) in [5, 5.41) is 0. The van der Waals surface area contributed by atoms with Gasteiger partial charge in [0.2, 0.25) is 5.89 Å². The van der Waals surface area contributed by atoms with E-state index in [1.807, 2.05) is 49.4 Å². The lowest BCUT2D eigenvalue weighted by Gasteiger charge is -2.19. The summed E-state index contributed by atoms with van der Waals surface area (Å²) < 4.78 is 5.91. The molecule has 1 aliphatic rings. The first-order chi connectivity index (χ1) is 11.7. The minimum atomic E-state index is -0.0381. The highest BCUT2D eigenvalue weighted by atomic mass is 16.4. The van der Waals surface area contributed by atoms with Crippen LogP contribution in [0.3, 0.4) is 0 Å². The van der Waals surface area contributed by atoms with Gasteiger partial charge in [0.1, 0.15) is 11.5 Å². The molecule has 0 bridgehead atoms. The third-order valence-corrected chi connectivity index (χ3v) is 4.50. The van der Waals surface area contributed by atoms with Crippen molar-refractivity contribution < 1.29 is 9.21 Å². The standard InChI is InChI=1S/C20H18N2O2/c1-13-5-4-6-14(11-13)19(23)15-8-9-16-18(12-15)24-20(22-16)17-7-2-3-10-21-17/h2-7,10-11,15H,8-9,12H2,1H3. The Labute approximate surface area is 140 Å². The van der Waals surface area contributed by atoms with Crippen molar-refractivity contribution in [1.29, 1.82) is 0 Å². The van der Waals surface area contributed by atoms with Gasteiger partial charge in [0, 0.05) is 24.1 Å². The third kappa shape index (κ3) is 2.75. The number of hydrogen-bond acceptors (Lipinski definition) is 4. The monoisotopic (exact) mass is 318 g/mol. The first-order valence-corrected chi connectivity index (χ1v) is 8.21. The lowest BCUT2D eigenvalue weighted by Crippen LogP contribution is -2.22. The summed E-state index contributed by atoms with van der Waals surface area (Å²) in [7, 11) is 0. The van der Waals surface area contributed by atoms with E-state index >= 15 is 0 Å². The number of nitrogens with zero attached hydrogens (tertiary/aromatic N) is 2. The Bertz CT molecular complexity index is 884. The van der Waals surface area contributed by atoms with E-state index < -0.39 is 0 Å². The van der Waals surface area contributed by atoms with Gasteiger partial charge in [-0.3, -0.25) is 9.78 Å². The zero-order valence-electron chi connectivity index (χ0n) is 13.5. The van der Waals surface area contributed by atoms with E-state index in [1.54, 1.807) is 6.20 Å². The molecule has 1 unspecified atom stereocenters. The molecule has 1 aromatic carbocycles. The fraction of sp³-hybridized carbons (Fsp3) is 0.250. The maximum atomic E-state index is 12.8. The molecule has 0 saturated heterocycles. The number of oxazole rings is 1.